The number of hydrogen-bond donors (Lipinski definition) is 4. The Morgan fingerprint density at radius 2 is 1.38 bits per heavy atom. The summed E-state index contributed by atoms with van der Waals surface area (Å²) in [5, 5.41) is 28.8. The van der Waals surface area contributed by atoms with Gasteiger partial charge in [0.2, 0.25) is 0 Å². The van der Waals surface area contributed by atoms with Gasteiger partial charge < -0.3 is 21.1 Å². The fraction of sp³-hybridized carbons (Fsp3) is 0. The van der Waals surface area contributed by atoms with E-state index in [2.05, 4.69) is 0 Å². The lowest BCUT2D eigenvalue weighted by Gasteiger charge is -2.11. The fourth-order valence-corrected chi connectivity index (χ4v) is 1.57. The zero-order valence-electron chi connectivity index (χ0n) is 8.38. The molecule has 0 fully saturated rings. The molecule has 2 aromatic carbocycles. The van der Waals surface area contributed by atoms with Crippen LogP contribution in [0.15, 0.2) is 36.4 Å². The van der Waals surface area contributed by atoms with Crippen LogP contribution in [0.5, 0.6) is 17.2 Å². The van der Waals surface area contributed by atoms with Gasteiger partial charge in [-0.05, 0) is 18.2 Å². The maximum atomic E-state index is 9.69. The fourth-order valence-electron chi connectivity index (χ4n) is 1.57. The summed E-state index contributed by atoms with van der Waals surface area (Å²) in [6.45, 7) is 0. The van der Waals surface area contributed by atoms with E-state index >= 15 is 0 Å². The molecule has 0 spiro atoms. The molecule has 0 aliphatic rings. The van der Waals surface area contributed by atoms with Crippen molar-refractivity contribution < 1.29 is 15.3 Å². The van der Waals surface area contributed by atoms with Crippen LogP contribution in [-0.4, -0.2) is 15.3 Å². The summed E-state index contributed by atoms with van der Waals surface area (Å²) in [7, 11) is 0. The Kier molecular flexibility index (Phi) is 2.32. The highest BCUT2D eigenvalue weighted by atomic mass is 16.3. The summed E-state index contributed by atoms with van der Waals surface area (Å²) in [5.41, 5.74) is 6.32. The number of nitrogen functional groups attached to an aromatic ring is 1. The minimum atomic E-state index is -0.129. The van der Waals surface area contributed by atoms with Gasteiger partial charge in [0.05, 0.1) is 11.3 Å². The Hall–Kier alpha value is -2.36. The second-order valence-corrected chi connectivity index (χ2v) is 3.41. The highest BCUT2D eigenvalue weighted by Gasteiger charge is 2.14. The van der Waals surface area contributed by atoms with Crippen LogP contribution in [0.4, 0.5) is 5.69 Å². The molecule has 0 saturated carbocycles. The Morgan fingerprint density at radius 1 is 0.750 bits per heavy atom. The van der Waals surface area contributed by atoms with Gasteiger partial charge in [-0.2, -0.15) is 0 Å². The highest BCUT2D eigenvalue weighted by molar-refractivity contribution is 5.87. The van der Waals surface area contributed by atoms with Crippen LogP contribution in [0.1, 0.15) is 0 Å². The molecule has 0 aliphatic heterocycles. The molecule has 2 aromatic rings. The summed E-state index contributed by atoms with van der Waals surface area (Å²) in [4.78, 5) is 0. The summed E-state index contributed by atoms with van der Waals surface area (Å²) in [5.74, 6) is -0.219. The second-order valence-electron chi connectivity index (χ2n) is 3.41. The molecule has 0 saturated heterocycles. The monoisotopic (exact) mass is 217 g/mol. The minimum Gasteiger partial charge on any atom is -0.507 e. The quantitative estimate of drug-likeness (QED) is 0.334. The molecule has 0 amide bonds. The molecule has 82 valence electrons. The molecule has 16 heavy (non-hydrogen) atoms. The van der Waals surface area contributed by atoms with Crippen molar-refractivity contribution in [2.24, 2.45) is 0 Å². The molecule has 0 atom stereocenters. The largest absolute Gasteiger partial charge is 0.507 e. The first-order valence-corrected chi connectivity index (χ1v) is 4.70. The van der Waals surface area contributed by atoms with Gasteiger partial charge in [0.1, 0.15) is 17.2 Å². The Bertz CT molecular complexity index is 538. The van der Waals surface area contributed by atoms with E-state index in [-0.39, 0.29) is 28.5 Å². The van der Waals surface area contributed by atoms with Crippen LogP contribution in [0.2, 0.25) is 0 Å². The Labute approximate surface area is 92.2 Å². The van der Waals surface area contributed by atoms with Crippen LogP contribution in [0.25, 0.3) is 11.1 Å². The summed E-state index contributed by atoms with van der Waals surface area (Å²) in [6, 6.07) is 9.09. The van der Waals surface area contributed by atoms with Gasteiger partial charge in [-0.25, -0.2) is 0 Å². The van der Waals surface area contributed by atoms with Crippen LogP contribution >= 0.6 is 0 Å². The van der Waals surface area contributed by atoms with Crippen molar-refractivity contribution in [1.29, 1.82) is 0 Å². The van der Waals surface area contributed by atoms with Gasteiger partial charge in [-0.3, -0.25) is 0 Å². The normalized spacial score (nSPS) is 10.2. The molecule has 0 aromatic heterocycles. The van der Waals surface area contributed by atoms with Crippen LogP contribution in [-0.2, 0) is 0 Å². The molecule has 0 unspecified atom stereocenters. The van der Waals surface area contributed by atoms with E-state index in [1.54, 1.807) is 18.2 Å². The lowest BCUT2D eigenvalue weighted by Crippen LogP contribution is -1.91. The van der Waals surface area contributed by atoms with E-state index in [9.17, 15) is 15.3 Å². The summed E-state index contributed by atoms with van der Waals surface area (Å²) >= 11 is 0. The lowest BCUT2D eigenvalue weighted by molar-refractivity contribution is 0.461. The zero-order valence-corrected chi connectivity index (χ0v) is 8.38. The molecule has 5 N–H and O–H groups in total. The zero-order chi connectivity index (χ0) is 11.7. The van der Waals surface area contributed by atoms with Crippen molar-refractivity contribution in [2.75, 3.05) is 5.73 Å². The first-order chi connectivity index (χ1) is 7.61. The number of aromatic hydroxyl groups is 3. The predicted molar refractivity (Wildman–Crippen MR) is 61.3 cm³/mol. The lowest BCUT2D eigenvalue weighted by atomic mass is 10.0. The second kappa shape index (κ2) is 3.66. The molecule has 0 radical (unpaired) electrons. The third-order valence-corrected chi connectivity index (χ3v) is 2.37. The van der Waals surface area contributed by atoms with Crippen molar-refractivity contribution in [2.45, 2.75) is 0 Å². The average Bonchev–Trinajstić information content (AvgIpc) is 2.27. The van der Waals surface area contributed by atoms with E-state index in [0.29, 0.717) is 5.56 Å². The first-order valence-electron chi connectivity index (χ1n) is 4.70. The molecular weight excluding hydrogens is 206 g/mol. The first kappa shape index (κ1) is 10.2. The van der Waals surface area contributed by atoms with Gasteiger partial charge in [0.25, 0.3) is 0 Å². The number of anilines is 1. The third-order valence-electron chi connectivity index (χ3n) is 2.37. The van der Waals surface area contributed by atoms with Gasteiger partial charge in [0, 0.05) is 5.56 Å². The topological polar surface area (TPSA) is 86.7 Å². The van der Waals surface area contributed by atoms with Crippen molar-refractivity contribution >= 4 is 5.69 Å². The number of nitrogens with two attached hydrogens (primary N) is 1. The number of phenolic OH excluding ortho intramolecular Hbond substituents is 3. The van der Waals surface area contributed by atoms with Crippen molar-refractivity contribution in [3.05, 3.63) is 36.4 Å². The van der Waals surface area contributed by atoms with E-state index in [1.807, 2.05) is 0 Å². The number of para-hydroxylation sites is 1. The average molecular weight is 217 g/mol. The van der Waals surface area contributed by atoms with Crippen LogP contribution < -0.4 is 5.73 Å². The maximum Gasteiger partial charge on any atom is 0.139 e. The number of rotatable bonds is 1. The molecular formula is C12H11NO3. The molecule has 4 nitrogen and oxygen atoms in total. The number of phenols is 3. The standard InChI is InChI=1S/C12H11NO3/c13-12-10(16)6-5-9(15)11(12)7-3-1-2-4-8(7)14/h1-6,14-16H,13H2. The SMILES string of the molecule is Nc1c(O)ccc(O)c1-c1ccccc1O. The predicted octanol–water partition coefficient (Wildman–Crippen LogP) is 2.05. The third kappa shape index (κ3) is 1.50. The summed E-state index contributed by atoms with van der Waals surface area (Å²) in [6.07, 6.45) is 0. The van der Waals surface area contributed by atoms with Gasteiger partial charge >= 0.3 is 0 Å². The van der Waals surface area contributed by atoms with Gasteiger partial charge in [0.15, 0.2) is 0 Å². The van der Waals surface area contributed by atoms with Crippen LogP contribution in [0, 0.1) is 0 Å². The highest BCUT2D eigenvalue weighted by Crippen LogP contribution is 2.42. The van der Waals surface area contributed by atoms with Crippen LogP contribution in [0.3, 0.4) is 0 Å². The maximum absolute atomic E-state index is 9.69. The van der Waals surface area contributed by atoms with Crippen molar-refractivity contribution in [3.63, 3.8) is 0 Å². The molecule has 0 aliphatic carbocycles. The number of hydrogen-bond acceptors (Lipinski definition) is 4. The molecule has 2 rings (SSSR count). The molecule has 0 heterocycles. The van der Waals surface area contributed by atoms with Crippen molar-refractivity contribution in [1.82, 2.24) is 0 Å². The van der Waals surface area contributed by atoms with Gasteiger partial charge in [-0.15, -0.1) is 0 Å². The number of benzene rings is 2. The Balaban J connectivity index is 2.74. The summed E-state index contributed by atoms with van der Waals surface area (Å²) < 4.78 is 0. The molecule has 4 heteroatoms. The van der Waals surface area contributed by atoms with E-state index in [1.165, 1.54) is 18.2 Å². The van der Waals surface area contributed by atoms with Gasteiger partial charge in [-0.1, -0.05) is 18.2 Å². The van der Waals surface area contributed by atoms with E-state index in [4.69, 9.17) is 5.73 Å². The van der Waals surface area contributed by atoms with Crippen molar-refractivity contribution in [3.8, 4) is 28.4 Å². The van der Waals surface area contributed by atoms with E-state index in [0.717, 1.165) is 0 Å². The van der Waals surface area contributed by atoms with E-state index < -0.39 is 0 Å². The Morgan fingerprint density at radius 3 is 2.06 bits per heavy atom. The smallest absolute Gasteiger partial charge is 0.139 e. The minimum absolute atomic E-state index is 0.00454. The molecule has 0 bridgehead atoms.